The van der Waals surface area contributed by atoms with Crippen molar-refractivity contribution in [3.8, 4) is 11.1 Å². The first-order chi connectivity index (χ1) is 13.3. The Morgan fingerprint density at radius 3 is 2.63 bits per heavy atom. The molecule has 1 aliphatic rings. The molecule has 0 spiro atoms. The van der Waals surface area contributed by atoms with Gasteiger partial charge in [0.2, 0.25) is 0 Å². The molecule has 0 saturated carbocycles. The van der Waals surface area contributed by atoms with Crippen LogP contribution in [0.4, 0.5) is 5.69 Å². The Hall–Kier alpha value is -2.72. The van der Waals surface area contributed by atoms with E-state index >= 15 is 0 Å². The Kier molecular flexibility index (Phi) is 4.13. The second kappa shape index (κ2) is 6.78. The van der Waals surface area contributed by atoms with Gasteiger partial charge in [-0.3, -0.25) is 0 Å². The van der Waals surface area contributed by atoms with Crippen molar-refractivity contribution in [3.05, 3.63) is 77.2 Å². The maximum atomic E-state index is 5.98. The van der Waals surface area contributed by atoms with E-state index in [1.807, 2.05) is 24.3 Å². The van der Waals surface area contributed by atoms with Gasteiger partial charge in [-0.1, -0.05) is 41.9 Å². The zero-order chi connectivity index (χ0) is 18.2. The molecule has 5 heteroatoms. The largest absolute Gasteiger partial charge is 0.378 e. The molecule has 0 bridgehead atoms. The normalized spacial score (nSPS) is 13.7. The molecule has 2 aromatic carbocycles. The Bertz CT molecular complexity index is 1080. The molecular formula is C22H21ClN4. The second-order valence-corrected chi connectivity index (χ2v) is 7.48. The summed E-state index contributed by atoms with van der Waals surface area (Å²) >= 11 is 5.98. The van der Waals surface area contributed by atoms with E-state index in [-0.39, 0.29) is 0 Å². The standard InChI is InChI=1S/C22H21ClN4/c23-17-9-11-18(12-10-17)24-14-21-25-27-15-20(16-6-2-1-3-7-16)19-8-4-5-13-26(21)22(19)27/h1-3,6-7,9-12,15,24H,4-5,8,13-14H2. The first-order valence-electron chi connectivity index (χ1n) is 9.44. The minimum atomic E-state index is 0.698. The molecule has 1 N–H and O–H groups in total. The monoisotopic (exact) mass is 376 g/mol. The van der Waals surface area contributed by atoms with E-state index in [1.165, 1.54) is 35.2 Å². The van der Waals surface area contributed by atoms with Gasteiger partial charge < -0.3 is 9.88 Å². The minimum Gasteiger partial charge on any atom is -0.378 e. The smallest absolute Gasteiger partial charge is 0.150 e. The Morgan fingerprint density at radius 2 is 1.81 bits per heavy atom. The summed E-state index contributed by atoms with van der Waals surface area (Å²) in [7, 11) is 0. The van der Waals surface area contributed by atoms with Gasteiger partial charge in [-0.05, 0) is 49.1 Å². The van der Waals surface area contributed by atoms with Crippen molar-refractivity contribution in [2.24, 2.45) is 0 Å². The highest BCUT2D eigenvalue weighted by Gasteiger charge is 2.21. The summed E-state index contributed by atoms with van der Waals surface area (Å²) in [5, 5.41) is 9.11. The van der Waals surface area contributed by atoms with Gasteiger partial charge in [0.05, 0.1) is 6.54 Å². The molecule has 136 valence electrons. The van der Waals surface area contributed by atoms with Crippen LogP contribution in [-0.2, 0) is 19.5 Å². The van der Waals surface area contributed by atoms with Crippen molar-refractivity contribution in [1.29, 1.82) is 0 Å². The van der Waals surface area contributed by atoms with Gasteiger partial charge in [0.25, 0.3) is 0 Å². The zero-order valence-electron chi connectivity index (χ0n) is 15.0. The molecule has 0 fully saturated rings. The Labute approximate surface area is 163 Å². The van der Waals surface area contributed by atoms with Crippen molar-refractivity contribution < 1.29 is 0 Å². The van der Waals surface area contributed by atoms with Gasteiger partial charge in [0, 0.05) is 34.6 Å². The summed E-state index contributed by atoms with van der Waals surface area (Å²) in [6, 6.07) is 18.4. The number of aromatic nitrogens is 3. The number of hydrogen-bond donors (Lipinski definition) is 1. The van der Waals surface area contributed by atoms with Crippen LogP contribution in [0.1, 0.15) is 24.2 Å². The third-order valence-electron chi connectivity index (χ3n) is 5.29. The molecular weight excluding hydrogens is 356 g/mol. The molecule has 27 heavy (non-hydrogen) atoms. The molecule has 1 aliphatic heterocycles. The van der Waals surface area contributed by atoms with Crippen molar-refractivity contribution in [3.63, 3.8) is 0 Å². The summed E-state index contributed by atoms with van der Waals surface area (Å²) < 4.78 is 4.46. The van der Waals surface area contributed by atoms with Crippen molar-refractivity contribution in [1.82, 2.24) is 14.2 Å². The van der Waals surface area contributed by atoms with E-state index in [0.29, 0.717) is 6.54 Å². The van der Waals surface area contributed by atoms with E-state index in [9.17, 15) is 0 Å². The number of anilines is 1. The fraction of sp³-hybridized carbons (Fsp3) is 0.227. The molecule has 3 heterocycles. The highest BCUT2D eigenvalue weighted by atomic mass is 35.5. The predicted molar refractivity (Wildman–Crippen MR) is 110 cm³/mol. The van der Waals surface area contributed by atoms with Gasteiger partial charge in [-0.15, -0.1) is 0 Å². The SMILES string of the molecule is Clc1ccc(NCc2nn3cc(-c4ccccc4)c4c3n2CCCC4)cc1. The number of hydrogen-bond acceptors (Lipinski definition) is 2. The fourth-order valence-corrected chi connectivity index (χ4v) is 4.11. The van der Waals surface area contributed by atoms with Crippen LogP contribution in [0.3, 0.4) is 0 Å². The maximum absolute atomic E-state index is 5.98. The molecule has 0 atom stereocenters. The zero-order valence-corrected chi connectivity index (χ0v) is 15.8. The molecule has 2 aromatic heterocycles. The Morgan fingerprint density at radius 1 is 1.00 bits per heavy atom. The van der Waals surface area contributed by atoms with Gasteiger partial charge in [-0.2, -0.15) is 5.10 Å². The summed E-state index contributed by atoms with van der Waals surface area (Å²) in [4.78, 5) is 0. The molecule has 4 aromatic rings. The first-order valence-corrected chi connectivity index (χ1v) is 9.82. The highest BCUT2D eigenvalue weighted by Crippen LogP contribution is 2.32. The van der Waals surface area contributed by atoms with E-state index < -0.39 is 0 Å². The van der Waals surface area contributed by atoms with Crippen molar-refractivity contribution >= 4 is 22.9 Å². The predicted octanol–water partition coefficient (Wildman–Crippen LogP) is 5.40. The summed E-state index contributed by atoms with van der Waals surface area (Å²) in [5.41, 5.74) is 6.31. The Balaban J connectivity index is 1.52. The summed E-state index contributed by atoms with van der Waals surface area (Å²) in [6.07, 6.45) is 5.69. The third kappa shape index (κ3) is 3.00. The number of rotatable bonds is 4. The van der Waals surface area contributed by atoms with Crippen LogP contribution in [0, 0.1) is 0 Å². The quantitative estimate of drug-likeness (QED) is 0.517. The number of halogens is 1. The van der Waals surface area contributed by atoms with E-state index in [4.69, 9.17) is 16.7 Å². The summed E-state index contributed by atoms with van der Waals surface area (Å²) in [5.74, 6) is 1.07. The maximum Gasteiger partial charge on any atom is 0.150 e. The lowest BCUT2D eigenvalue weighted by Gasteiger charge is -2.09. The molecule has 0 amide bonds. The molecule has 0 unspecified atom stereocenters. The molecule has 4 nitrogen and oxygen atoms in total. The molecule has 0 aliphatic carbocycles. The fourth-order valence-electron chi connectivity index (χ4n) is 3.98. The van der Waals surface area contributed by atoms with Crippen LogP contribution < -0.4 is 5.32 Å². The van der Waals surface area contributed by atoms with Crippen LogP contribution in [0.5, 0.6) is 0 Å². The number of aryl methyl sites for hydroxylation is 2. The first kappa shape index (κ1) is 16.5. The average molecular weight is 377 g/mol. The topological polar surface area (TPSA) is 34.3 Å². The number of nitrogens with zero attached hydrogens (tertiary/aromatic N) is 3. The van der Waals surface area contributed by atoms with Crippen LogP contribution in [0.2, 0.25) is 5.02 Å². The van der Waals surface area contributed by atoms with Gasteiger partial charge in [0.15, 0.2) is 5.82 Å². The lowest BCUT2D eigenvalue weighted by molar-refractivity contribution is 0.619. The molecule has 5 rings (SSSR count). The summed E-state index contributed by atoms with van der Waals surface area (Å²) in [6.45, 7) is 1.72. The van der Waals surface area contributed by atoms with Crippen LogP contribution in [-0.4, -0.2) is 14.2 Å². The van der Waals surface area contributed by atoms with E-state index in [0.717, 1.165) is 29.5 Å². The van der Waals surface area contributed by atoms with Gasteiger partial charge in [0.1, 0.15) is 5.65 Å². The van der Waals surface area contributed by atoms with E-state index in [2.05, 4.69) is 50.9 Å². The second-order valence-electron chi connectivity index (χ2n) is 7.04. The molecule has 0 radical (unpaired) electrons. The van der Waals surface area contributed by atoms with Gasteiger partial charge >= 0.3 is 0 Å². The minimum absolute atomic E-state index is 0.698. The van der Waals surface area contributed by atoms with E-state index in [1.54, 1.807) is 0 Å². The van der Waals surface area contributed by atoms with Crippen molar-refractivity contribution in [2.45, 2.75) is 32.4 Å². The highest BCUT2D eigenvalue weighted by molar-refractivity contribution is 6.30. The van der Waals surface area contributed by atoms with Crippen LogP contribution >= 0.6 is 11.6 Å². The lowest BCUT2D eigenvalue weighted by Crippen LogP contribution is -2.09. The van der Waals surface area contributed by atoms with Crippen LogP contribution in [0.15, 0.2) is 60.8 Å². The van der Waals surface area contributed by atoms with Gasteiger partial charge in [-0.25, -0.2) is 4.52 Å². The van der Waals surface area contributed by atoms with Crippen LogP contribution in [0.25, 0.3) is 16.8 Å². The van der Waals surface area contributed by atoms with Crippen molar-refractivity contribution in [2.75, 3.05) is 5.32 Å². The average Bonchev–Trinajstić information content (AvgIpc) is 3.12. The number of nitrogens with one attached hydrogen (secondary N) is 1. The number of benzene rings is 2. The third-order valence-corrected chi connectivity index (χ3v) is 5.54. The molecule has 0 saturated heterocycles. The lowest BCUT2D eigenvalue weighted by atomic mass is 10.0.